The second-order valence-electron chi connectivity index (χ2n) is 8.69. The zero-order valence-electron chi connectivity index (χ0n) is 21.5. The van der Waals surface area contributed by atoms with Crippen molar-refractivity contribution >= 4 is 27.5 Å². The van der Waals surface area contributed by atoms with Crippen LogP contribution in [0.5, 0.6) is 5.75 Å². The van der Waals surface area contributed by atoms with E-state index in [1.54, 1.807) is 19.1 Å². The van der Waals surface area contributed by atoms with E-state index in [1.807, 2.05) is 63.2 Å². The second-order valence-corrected chi connectivity index (χ2v) is 10.6. The number of benzene rings is 2. The minimum atomic E-state index is -3.53. The third-order valence-electron chi connectivity index (χ3n) is 5.79. The normalized spacial score (nSPS) is 12.1. The molecule has 0 radical (unpaired) electrons. The SMILES string of the molecule is CC[C@H](C(=O)NC)N(Cc1ccc(OC)cc1)C(=O)CCCN(c1cc(C)cc(C)c1)S(C)(=O)=O. The van der Waals surface area contributed by atoms with E-state index >= 15 is 0 Å². The number of amides is 2. The van der Waals surface area contributed by atoms with Gasteiger partial charge in [0.2, 0.25) is 21.8 Å². The lowest BCUT2D eigenvalue weighted by Gasteiger charge is -2.31. The molecule has 0 fully saturated rings. The lowest BCUT2D eigenvalue weighted by molar-refractivity contribution is -0.141. The summed E-state index contributed by atoms with van der Waals surface area (Å²) in [5, 5.41) is 2.64. The molecule has 0 unspecified atom stereocenters. The number of hydrogen-bond acceptors (Lipinski definition) is 5. The molecular weight excluding hydrogens is 466 g/mol. The molecule has 0 aliphatic rings. The highest BCUT2D eigenvalue weighted by Crippen LogP contribution is 2.23. The summed E-state index contributed by atoms with van der Waals surface area (Å²) in [7, 11) is -0.396. The highest BCUT2D eigenvalue weighted by Gasteiger charge is 2.28. The van der Waals surface area contributed by atoms with Gasteiger partial charge in [-0.15, -0.1) is 0 Å². The number of rotatable bonds is 12. The maximum Gasteiger partial charge on any atom is 0.242 e. The quantitative estimate of drug-likeness (QED) is 0.479. The topological polar surface area (TPSA) is 96.0 Å². The van der Waals surface area contributed by atoms with Gasteiger partial charge in [-0.05, 0) is 67.6 Å². The van der Waals surface area contributed by atoms with E-state index in [1.165, 1.54) is 10.6 Å². The van der Waals surface area contributed by atoms with Gasteiger partial charge >= 0.3 is 0 Å². The number of nitrogens with zero attached hydrogens (tertiary/aromatic N) is 2. The average Bonchev–Trinajstić information content (AvgIpc) is 2.80. The van der Waals surface area contributed by atoms with E-state index in [0.29, 0.717) is 24.3 Å². The van der Waals surface area contributed by atoms with E-state index in [2.05, 4.69) is 5.32 Å². The lowest BCUT2D eigenvalue weighted by atomic mass is 10.1. The zero-order chi connectivity index (χ0) is 26.2. The molecule has 0 aliphatic heterocycles. The predicted octanol–water partition coefficient (Wildman–Crippen LogP) is 3.41. The largest absolute Gasteiger partial charge is 0.497 e. The zero-order valence-corrected chi connectivity index (χ0v) is 22.3. The van der Waals surface area contributed by atoms with Gasteiger partial charge in [-0.3, -0.25) is 13.9 Å². The van der Waals surface area contributed by atoms with Crippen LogP contribution in [0.4, 0.5) is 5.69 Å². The van der Waals surface area contributed by atoms with Crippen molar-refractivity contribution in [2.75, 3.05) is 31.3 Å². The van der Waals surface area contributed by atoms with Gasteiger partial charge in [0.15, 0.2) is 0 Å². The van der Waals surface area contributed by atoms with Crippen molar-refractivity contribution < 1.29 is 22.7 Å². The molecule has 0 spiro atoms. The molecule has 2 aromatic rings. The van der Waals surface area contributed by atoms with Crippen molar-refractivity contribution in [1.29, 1.82) is 0 Å². The van der Waals surface area contributed by atoms with Crippen LogP contribution in [-0.2, 0) is 26.2 Å². The summed E-state index contributed by atoms with van der Waals surface area (Å²) in [6.45, 7) is 6.13. The minimum Gasteiger partial charge on any atom is -0.497 e. The third-order valence-corrected chi connectivity index (χ3v) is 6.98. The summed E-state index contributed by atoms with van der Waals surface area (Å²) < 4.78 is 31.6. The number of aryl methyl sites for hydroxylation is 2. The Labute approximate surface area is 209 Å². The molecule has 9 heteroatoms. The first-order chi connectivity index (χ1) is 16.5. The molecule has 0 aromatic heterocycles. The van der Waals surface area contributed by atoms with Crippen molar-refractivity contribution in [3.8, 4) is 5.75 Å². The number of ether oxygens (including phenoxy) is 1. The summed E-state index contributed by atoms with van der Waals surface area (Å²) in [6, 6.07) is 12.4. The van der Waals surface area contributed by atoms with Gasteiger partial charge in [-0.1, -0.05) is 25.1 Å². The molecule has 0 saturated carbocycles. The van der Waals surface area contributed by atoms with Gasteiger partial charge in [0.25, 0.3) is 0 Å². The van der Waals surface area contributed by atoms with Crippen LogP contribution in [0.25, 0.3) is 0 Å². The first-order valence-electron chi connectivity index (χ1n) is 11.7. The van der Waals surface area contributed by atoms with Gasteiger partial charge in [-0.25, -0.2) is 8.42 Å². The fraction of sp³-hybridized carbons (Fsp3) is 0.462. The van der Waals surface area contributed by atoms with Crippen molar-refractivity contribution in [1.82, 2.24) is 10.2 Å². The standard InChI is InChI=1S/C26H37N3O5S/c1-7-24(26(31)27-4)28(18-21-10-12-23(34-5)13-11-21)25(30)9-8-14-29(35(6,32)33)22-16-19(2)15-20(3)17-22/h10-13,15-17,24H,7-9,14,18H2,1-6H3,(H,27,31)/t24-/m1/s1. The van der Waals surface area contributed by atoms with E-state index < -0.39 is 16.1 Å². The molecular formula is C26H37N3O5S. The average molecular weight is 504 g/mol. The second kappa shape index (κ2) is 12.6. The van der Waals surface area contributed by atoms with E-state index in [0.717, 1.165) is 16.7 Å². The summed E-state index contributed by atoms with van der Waals surface area (Å²) >= 11 is 0. The van der Waals surface area contributed by atoms with E-state index in [9.17, 15) is 18.0 Å². The molecule has 0 aliphatic carbocycles. The summed E-state index contributed by atoms with van der Waals surface area (Å²) in [6.07, 6.45) is 2.06. The van der Waals surface area contributed by atoms with Crippen LogP contribution in [-0.4, -0.2) is 58.1 Å². The molecule has 0 heterocycles. The number of sulfonamides is 1. The smallest absolute Gasteiger partial charge is 0.242 e. The van der Waals surface area contributed by atoms with Crippen molar-refractivity contribution in [2.24, 2.45) is 0 Å². The minimum absolute atomic E-state index is 0.112. The van der Waals surface area contributed by atoms with Crippen molar-refractivity contribution in [2.45, 2.75) is 52.6 Å². The van der Waals surface area contributed by atoms with Crippen LogP contribution in [0.15, 0.2) is 42.5 Å². The molecule has 2 rings (SSSR count). The fourth-order valence-electron chi connectivity index (χ4n) is 4.11. The van der Waals surface area contributed by atoms with Gasteiger partial charge in [-0.2, -0.15) is 0 Å². The molecule has 1 N–H and O–H groups in total. The maximum atomic E-state index is 13.3. The number of hydrogen-bond donors (Lipinski definition) is 1. The Morgan fingerprint density at radius 3 is 2.14 bits per heavy atom. The van der Waals surface area contributed by atoms with Crippen LogP contribution >= 0.6 is 0 Å². The summed E-state index contributed by atoms with van der Waals surface area (Å²) in [5.41, 5.74) is 3.39. The Kier molecular flexibility index (Phi) is 10.1. The highest BCUT2D eigenvalue weighted by molar-refractivity contribution is 7.92. The number of anilines is 1. The van der Waals surface area contributed by atoms with Gasteiger partial charge in [0, 0.05) is 26.6 Å². The number of methoxy groups -OCH3 is 1. The van der Waals surface area contributed by atoms with Crippen LogP contribution in [0.3, 0.4) is 0 Å². The van der Waals surface area contributed by atoms with Crippen LogP contribution in [0.1, 0.15) is 42.9 Å². The summed E-state index contributed by atoms with van der Waals surface area (Å²) in [5.74, 6) is 0.268. The van der Waals surface area contributed by atoms with Crippen LogP contribution in [0, 0.1) is 13.8 Å². The first kappa shape index (κ1) is 28.2. The molecule has 192 valence electrons. The van der Waals surface area contributed by atoms with Crippen LogP contribution < -0.4 is 14.4 Å². The van der Waals surface area contributed by atoms with Gasteiger partial charge in [0.1, 0.15) is 11.8 Å². The monoisotopic (exact) mass is 503 g/mol. The maximum absolute atomic E-state index is 13.3. The predicted molar refractivity (Wildman–Crippen MR) is 139 cm³/mol. The van der Waals surface area contributed by atoms with E-state index in [-0.39, 0.29) is 31.3 Å². The number of carbonyl (C=O) groups excluding carboxylic acids is 2. The highest BCUT2D eigenvalue weighted by atomic mass is 32.2. The molecule has 2 aromatic carbocycles. The lowest BCUT2D eigenvalue weighted by Crippen LogP contribution is -2.48. The number of nitrogens with one attached hydrogen (secondary N) is 1. The number of likely N-dealkylation sites (N-methyl/N-ethyl adjacent to an activating group) is 1. The number of carbonyl (C=O) groups is 2. The fourth-order valence-corrected chi connectivity index (χ4v) is 5.06. The first-order valence-corrected chi connectivity index (χ1v) is 13.5. The Morgan fingerprint density at radius 2 is 1.66 bits per heavy atom. The van der Waals surface area contributed by atoms with Gasteiger partial charge in [0.05, 0.1) is 19.1 Å². The van der Waals surface area contributed by atoms with Crippen molar-refractivity contribution in [3.05, 3.63) is 59.2 Å². The summed E-state index contributed by atoms with van der Waals surface area (Å²) in [4.78, 5) is 27.4. The van der Waals surface area contributed by atoms with Crippen LogP contribution in [0.2, 0.25) is 0 Å². The third kappa shape index (κ3) is 7.99. The van der Waals surface area contributed by atoms with E-state index in [4.69, 9.17) is 4.74 Å². The Balaban J connectivity index is 2.21. The Bertz CT molecular complexity index is 1100. The molecule has 8 nitrogen and oxygen atoms in total. The molecule has 0 saturated heterocycles. The van der Waals surface area contributed by atoms with Gasteiger partial charge < -0.3 is 15.0 Å². The molecule has 0 bridgehead atoms. The molecule has 2 amide bonds. The van der Waals surface area contributed by atoms with Crippen molar-refractivity contribution in [3.63, 3.8) is 0 Å². The Hall–Kier alpha value is -3.07. The molecule has 1 atom stereocenters. The Morgan fingerprint density at radius 1 is 1.06 bits per heavy atom. The molecule has 35 heavy (non-hydrogen) atoms.